The van der Waals surface area contributed by atoms with Gasteiger partial charge in [0.2, 0.25) is 0 Å². The first-order chi connectivity index (χ1) is 8.74. The standard InChI is InChI=1S/C16H27NO/c1-14-8-9-16(15(2)13-14)7-5-4-6-10-17-11-12-18-3/h8-9,13,17H,4-7,10-12H2,1-3H3. The number of nitrogens with one attached hydrogen (secondary N) is 1. The van der Waals surface area contributed by atoms with Gasteiger partial charge in [0, 0.05) is 13.7 Å². The second-order valence-corrected chi connectivity index (χ2v) is 4.98. The van der Waals surface area contributed by atoms with Crippen molar-refractivity contribution in [2.45, 2.75) is 39.5 Å². The summed E-state index contributed by atoms with van der Waals surface area (Å²) in [5, 5.41) is 3.38. The van der Waals surface area contributed by atoms with E-state index in [9.17, 15) is 0 Å². The molecule has 0 atom stereocenters. The Kier molecular flexibility index (Phi) is 7.70. The molecule has 2 heteroatoms. The zero-order valence-corrected chi connectivity index (χ0v) is 12.1. The summed E-state index contributed by atoms with van der Waals surface area (Å²) in [7, 11) is 1.74. The van der Waals surface area contributed by atoms with E-state index in [-0.39, 0.29) is 0 Å². The topological polar surface area (TPSA) is 21.3 Å². The lowest BCUT2D eigenvalue weighted by Crippen LogP contribution is -2.20. The van der Waals surface area contributed by atoms with E-state index in [4.69, 9.17) is 4.74 Å². The van der Waals surface area contributed by atoms with Crippen molar-refractivity contribution in [1.29, 1.82) is 0 Å². The molecular formula is C16H27NO. The molecule has 0 fully saturated rings. The van der Waals surface area contributed by atoms with E-state index in [0.29, 0.717) is 0 Å². The molecule has 0 spiro atoms. The minimum atomic E-state index is 0.808. The molecular weight excluding hydrogens is 222 g/mol. The van der Waals surface area contributed by atoms with Crippen LogP contribution in [0.4, 0.5) is 0 Å². The number of methoxy groups -OCH3 is 1. The molecule has 0 saturated heterocycles. The number of rotatable bonds is 9. The maximum Gasteiger partial charge on any atom is 0.0587 e. The van der Waals surface area contributed by atoms with Crippen molar-refractivity contribution in [2.75, 3.05) is 26.8 Å². The molecule has 1 N–H and O–H groups in total. The largest absolute Gasteiger partial charge is 0.383 e. The first kappa shape index (κ1) is 15.2. The van der Waals surface area contributed by atoms with Crippen molar-refractivity contribution in [3.8, 4) is 0 Å². The van der Waals surface area contributed by atoms with Crippen LogP contribution in [0.1, 0.15) is 36.0 Å². The molecule has 0 aliphatic heterocycles. The predicted octanol–water partition coefficient (Wildman–Crippen LogP) is 3.25. The van der Waals surface area contributed by atoms with Crippen molar-refractivity contribution < 1.29 is 4.74 Å². The van der Waals surface area contributed by atoms with Gasteiger partial charge in [-0.2, -0.15) is 0 Å². The molecule has 0 bridgehead atoms. The molecule has 2 nitrogen and oxygen atoms in total. The highest BCUT2D eigenvalue weighted by atomic mass is 16.5. The van der Waals surface area contributed by atoms with Gasteiger partial charge >= 0.3 is 0 Å². The summed E-state index contributed by atoms with van der Waals surface area (Å²) in [5.74, 6) is 0. The number of benzene rings is 1. The van der Waals surface area contributed by atoms with Gasteiger partial charge < -0.3 is 10.1 Å². The van der Waals surface area contributed by atoms with Crippen molar-refractivity contribution in [2.24, 2.45) is 0 Å². The third kappa shape index (κ3) is 6.18. The van der Waals surface area contributed by atoms with Gasteiger partial charge in [-0.3, -0.25) is 0 Å². The van der Waals surface area contributed by atoms with Crippen LogP contribution in [-0.2, 0) is 11.2 Å². The fraction of sp³-hybridized carbons (Fsp3) is 0.625. The lowest BCUT2D eigenvalue weighted by atomic mass is 10.0. The van der Waals surface area contributed by atoms with Crippen LogP contribution in [0.3, 0.4) is 0 Å². The molecule has 18 heavy (non-hydrogen) atoms. The first-order valence-electron chi connectivity index (χ1n) is 7.00. The number of unbranched alkanes of at least 4 members (excludes halogenated alkanes) is 2. The van der Waals surface area contributed by atoms with Gasteiger partial charge in [0.25, 0.3) is 0 Å². The summed E-state index contributed by atoms with van der Waals surface area (Å²) in [5.41, 5.74) is 4.31. The molecule has 0 heterocycles. The molecule has 0 aliphatic carbocycles. The average molecular weight is 249 g/mol. The van der Waals surface area contributed by atoms with Gasteiger partial charge in [0.15, 0.2) is 0 Å². The second-order valence-electron chi connectivity index (χ2n) is 4.98. The number of aryl methyl sites for hydroxylation is 3. The van der Waals surface area contributed by atoms with Crippen LogP contribution >= 0.6 is 0 Å². The molecule has 0 amide bonds. The van der Waals surface area contributed by atoms with Gasteiger partial charge in [-0.25, -0.2) is 0 Å². The van der Waals surface area contributed by atoms with Gasteiger partial charge in [-0.05, 0) is 50.8 Å². The van der Waals surface area contributed by atoms with E-state index in [0.717, 1.165) is 19.7 Å². The molecule has 0 unspecified atom stereocenters. The first-order valence-corrected chi connectivity index (χ1v) is 7.00. The van der Waals surface area contributed by atoms with Crippen LogP contribution < -0.4 is 5.32 Å². The average Bonchev–Trinajstić information content (AvgIpc) is 2.35. The Morgan fingerprint density at radius 3 is 2.61 bits per heavy atom. The Bertz CT molecular complexity index is 336. The third-order valence-corrected chi connectivity index (χ3v) is 3.28. The number of hydrogen-bond acceptors (Lipinski definition) is 2. The number of hydrogen-bond donors (Lipinski definition) is 1. The van der Waals surface area contributed by atoms with Gasteiger partial charge in [0.1, 0.15) is 0 Å². The maximum absolute atomic E-state index is 4.99. The van der Waals surface area contributed by atoms with Crippen molar-refractivity contribution in [1.82, 2.24) is 5.32 Å². The smallest absolute Gasteiger partial charge is 0.0587 e. The van der Waals surface area contributed by atoms with Crippen molar-refractivity contribution in [3.63, 3.8) is 0 Å². The molecule has 0 aromatic heterocycles. The summed E-state index contributed by atoms with van der Waals surface area (Å²) in [6.45, 7) is 7.25. The summed E-state index contributed by atoms with van der Waals surface area (Å²) in [6, 6.07) is 6.78. The molecule has 0 saturated carbocycles. The Hall–Kier alpha value is -0.860. The molecule has 102 valence electrons. The predicted molar refractivity (Wildman–Crippen MR) is 78.2 cm³/mol. The van der Waals surface area contributed by atoms with Gasteiger partial charge in [-0.1, -0.05) is 30.2 Å². The van der Waals surface area contributed by atoms with E-state index in [1.807, 2.05) is 0 Å². The lowest BCUT2D eigenvalue weighted by molar-refractivity contribution is 0.199. The monoisotopic (exact) mass is 249 g/mol. The molecule has 1 rings (SSSR count). The van der Waals surface area contributed by atoms with Crippen molar-refractivity contribution >= 4 is 0 Å². The fourth-order valence-electron chi connectivity index (χ4n) is 2.17. The quantitative estimate of drug-likeness (QED) is 0.678. The fourth-order valence-corrected chi connectivity index (χ4v) is 2.17. The van der Waals surface area contributed by atoms with Crippen LogP contribution in [0.5, 0.6) is 0 Å². The highest BCUT2D eigenvalue weighted by molar-refractivity contribution is 5.30. The second kappa shape index (κ2) is 9.12. The van der Waals surface area contributed by atoms with Crippen LogP contribution in [0.2, 0.25) is 0 Å². The third-order valence-electron chi connectivity index (χ3n) is 3.28. The molecule has 1 aromatic rings. The van der Waals surface area contributed by atoms with Crippen LogP contribution in [0.25, 0.3) is 0 Å². The molecule has 0 aliphatic rings. The van der Waals surface area contributed by atoms with Crippen LogP contribution in [-0.4, -0.2) is 26.8 Å². The minimum absolute atomic E-state index is 0.808. The Labute approximate surface area is 112 Å². The summed E-state index contributed by atoms with van der Waals surface area (Å²) in [6.07, 6.45) is 5.06. The summed E-state index contributed by atoms with van der Waals surface area (Å²) in [4.78, 5) is 0. The Morgan fingerprint density at radius 1 is 1.06 bits per heavy atom. The number of ether oxygens (including phenoxy) is 1. The SMILES string of the molecule is COCCNCCCCCc1ccc(C)cc1C. The zero-order chi connectivity index (χ0) is 13.2. The highest BCUT2D eigenvalue weighted by Crippen LogP contribution is 2.13. The highest BCUT2D eigenvalue weighted by Gasteiger charge is 1.98. The van der Waals surface area contributed by atoms with E-state index in [1.54, 1.807) is 7.11 Å². The zero-order valence-electron chi connectivity index (χ0n) is 12.1. The van der Waals surface area contributed by atoms with Crippen LogP contribution in [0, 0.1) is 13.8 Å². The normalized spacial score (nSPS) is 10.8. The van der Waals surface area contributed by atoms with E-state index < -0.39 is 0 Å². The molecule has 0 radical (unpaired) electrons. The van der Waals surface area contributed by atoms with E-state index >= 15 is 0 Å². The van der Waals surface area contributed by atoms with Crippen molar-refractivity contribution in [3.05, 3.63) is 34.9 Å². The van der Waals surface area contributed by atoms with E-state index in [1.165, 1.54) is 42.4 Å². The lowest BCUT2D eigenvalue weighted by Gasteiger charge is -2.07. The Balaban J connectivity index is 2.07. The minimum Gasteiger partial charge on any atom is -0.383 e. The summed E-state index contributed by atoms with van der Waals surface area (Å²) >= 11 is 0. The Morgan fingerprint density at radius 2 is 1.89 bits per heavy atom. The van der Waals surface area contributed by atoms with Gasteiger partial charge in [0.05, 0.1) is 6.61 Å². The van der Waals surface area contributed by atoms with Crippen LogP contribution in [0.15, 0.2) is 18.2 Å². The van der Waals surface area contributed by atoms with Gasteiger partial charge in [-0.15, -0.1) is 0 Å². The summed E-state index contributed by atoms with van der Waals surface area (Å²) < 4.78 is 4.99. The maximum atomic E-state index is 4.99. The van der Waals surface area contributed by atoms with E-state index in [2.05, 4.69) is 37.4 Å². The molecule has 1 aromatic carbocycles.